The number of nitrogens with two attached hydrogens (primary N) is 1. The molecule has 5 nitrogen and oxygen atoms in total. The number of rotatable bonds is 5. The molecule has 0 bridgehead atoms. The molecule has 1 heterocycles. The lowest BCUT2D eigenvalue weighted by atomic mass is 10.1. The molecule has 0 saturated heterocycles. The Morgan fingerprint density at radius 3 is 3.00 bits per heavy atom. The molecule has 5 heteroatoms. The fraction of sp³-hybridized carbons (Fsp3) is 0.636. The number of esters is 1. The maximum absolute atomic E-state index is 11.5. The van der Waals surface area contributed by atoms with E-state index in [1.54, 1.807) is 12.5 Å². The monoisotopic (exact) mass is 223 g/mol. The fourth-order valence-corrected chi connectivity index (χ4v) is 2.45. The Balaban J connectivity index is 1.96. The van der Waals surface area contributed by atoms with Crippen LogP contribution in [0.15, 0.2) is 12.5 Å². The lowest BCUT2D eigenvalue weighted by Crippen LogP contribution is -2.07. The summed E-state index contributed by atoms with van der Waals surface area (Å²) < 4.78 is 4.79. The van der Waals surface area contributed by atoms with Gasteiger partial charge in [0.15, 0.2) is 0 Å². The summed E-state index contributed by atoms with van der Waals surface area (Å²) in [6.07, 6.45) is 5.19. The van der Waals surface area contributed by atoms with Gasteiger partial charge in [-0.3, -0.25) is 4.79 Å². The number of hydrogen-bond acceptors (Lipinski definition) is 4. The van der Waals surface area contributed by atoms with Crippen molar-refractivity contribution in [1.29, 1.82) is 0 Å². The number of carbonyl (C=O) groups is 1. The van der Waals surface area contributed by atoms with E-state index in [1.165, 1.54) is 7.11 Å². The van der Waals surface area contributed by atoms with E-state index in [9.17, 15) is 4.79 Å². The van der Waals surface area contributed by atoms with E-state index < -0.39 is 0 Å². The summed E-state index contributed by atoms with van der Waals surface area (Å²) in [5.41, 5.74) is 6.60. The number of imidazole rings is 1. The predicted octanol–water partition coefficient (Wildman–Crippen LogP) is 0.336. The zero-order chi connectivity index (χ0) is 11.5. The van der Waals surface area contributed by atoms with E-state index in [2.05, 4.69) is 9.97 Å². The zero-order valence-electron chi connectivity index (χ0n) is 9.35. The van der Waals surface area contributed by atoms with Gasteiger partial charge in [0.05, 0.1) is 19.4 Å². The lowest BCUT2D eigenvalue weighted by molar-refractivity contribution is -0.142. The van der Waals surface area contributed by atoms with Gasteiger partial charge in [-0.2, -0.15) is 0 Å². The Hall–Kier alpha value is -1.36. The van der Waals surface area contributed by atoms with Crippen LogP contribution in [0.2, 0.25) is 0 Å². The number of carbonyl (C=O) groups excluding carboxylic acids is 1. The number of methoxy groups -OCH3 is 1. The van der Waals surface area contributed by atoms with Crippen molar-refractivity contribution < 1.29 is 9.53 Å². The second-order valence-corrected chi connectivity index (χ2v) is 4.23. The zero-order valence-corrected chi connectivity index (χ0v) is 9.35. The van der Waals surface area contributed by atoms with Crippen molar-refractivity contribution in [3.8, 4) is 0 Å². The molecule has 3 atom stereocenters. The Morgan fingerprint density at radius 1 is 1.62 bits per heavy atom. The van der Waals surface area contributed by atoms with Gasteiger partial charge in [0.1, 0.15) is 0 Å². The molecule has 1 fully saturated rings. The van der Waals surface area contributed by atoms with Gasteiger partial charge in [-0.05, 0) is 31.2 Å². The van der Waals surface area contributed by atoms with Crippen LogP contribution in [-0.2, 0) is 16.0 Å². The molecule has 1 aromatic rings. The van der Waals surface area contributed by atoms with Gasteiger partial charge in [-0.1, -0.05) is 0 Å². The summed E-state index contributed by atoms with van der Waals surface area (Å²) in [6.45, 7) is 0.623. The first kappa shape index (κ1) is 11.1. The second-order valence-electron chi connectivity index (χ2n) is 4.23. The normalized spacial score (nSPS) is 27.8. The topological polar surface area (TPSA) is 81.0 Å². The van der Waals surface area contributed by atoms with Crippen molar-refractivity contribution in [2.24, 2.45) is 23.5 Å². The molecule has 1 aromatic heterocycles. The van der Waals surface area contributed by atoms with E-state index in [0.717, 1.165) is 18.5 Å². The van der Waals surface area contributed by atoms with E-state index >= 15 is 0 Å². The minimum Gasteiger partial charge on any atom is -0.469 e. The van der Waals surface area contributed by atoms with Crippen LogP contribution in [0.4, 0.5) is 0 Å². The maximum atomic E-state index is 11.5. The van der Waals surface area contributed by atoms with Crippen LogP contribution in [0.3, 0.4) is 0 Å². The third kappa shape index (κ3) is 2.09. The van der Waals surface area contributed by atoms with Gasteiger partial charge >= 0.3 is 5.97 Å². The van der Waals surface area contributed by atoms with Gasteiger partial charge in [0.25, 0.3) is 0 Å². The average molecular weight is 223 g/mol. The summed E-state index contributed by atoms with van der Waals surface area (Å²) >= 11 is 0. The number of hydrogen-bond donors (Lipinski definition) is 2. The predicted molar refractivity (Wildman–Crippen MR) is 58.4 cm³/mol. The van der Waals surface area contributed by atoms with Gasteiger partial charge in [0.2, 0.25) is 0 Å². The molecule has 0 spiro atoms. The molecular weight excluding hydrogens is 206 g/mol. The SMILES string of the molecule is COC(=O)C1C(CCN)C1Cc1cnc[nH]1. The third-order valence-corrected chi connectivity index (χ3v) is 3.32. The molecule has 16 heavy (non-hydrogen) atoms. The maximum Gasteiger partial charge on any atom is 0.309 e. The molecule has 3 N–H and O–H groups in total. The highest BCUT2D eigenvalue weighted by Crippen LogP contribution is 2.50. The third-order valence-electron chi connectivity index (χ3n) is 3.32. The minimum atomic E-state index is -0.108. The molecular formula is C11H17N3O2. The number of aromatic amines is 1. The van der Waals surface area contributed by atoms with Crippen LogP contribution >= 0.6 is 0 Å². The second kappa shape index (κ2) is 4.65. The Labute approximate surface area is 94.4 Å². The van der Waals surface area contributed by atoms with Crippen LogP contribution in [0.5, 0.6) is 0 Å². The first-order chi connectivity index (χ1) is 7.77. The first-order valence-corrected chi connectivity index (χ1v) is 5.53. The molecule has 88 valence electrons. The van der Waals surface area contributed by atoms with E-state index in [-0.39, 0.29) is 11.9 Å². The fourth-order valence-electron chi connectivity index (χ4n) is 2.45. The van der Waals surface area contributed by atoms with Gasteiger partial charge in [-0.15, -0.1) is 0 Å². The van der Waals surface area contributed by atoms with Crippen molar-refractivity contribution >= 4 is 5.97 Å². The van der Waals surface area contributed by atoms with E-state index in [1.807, 2.05) is 0 Å². The molecule has 3 unspecified atom stereocenters. The molecule has 1 aliphatic carbocycles. The standard InChI is InChI=1S/C11H17N3O2/c1-16-11(15)10-8(2-3-12)9(10)4-7-5-13-6-14-7/h5-6,8-10H,2-4,12H2,1H3,(H,13,14). The number of nitrogens with one attached hydrogen (secondary N) is 1. The Bertz CT molecular complexity index is 350. The van der Waals surface area contributed by atoms with Gasteiger partial charge in [0, 0.05) is 11.9 Å². The van der Waals surface area contributed by atoms with E-state index in [0.29, 0.717) is 18.4 Å². The number of ether oxygens (including phenoxy) is 1. The lowest BCUT2D eigenvalue weighted by Gasteiger charge is -1.96. The van der Waals surface area contributed by atoms with Crippen LogP contribution in [0, 0.1) is 17.8 Å². The van der Waals surface area contributed by atoms with Crippen LogP contribution in [0.1, 0.15) is 12.1 Å². The molecule has 2 rings (SSSR count). The highest BCUT2D eigenvalue weighted by molar-refractivity contribution is 5.76. The van der Waals surface area contributed by atoms with Crippen LogP contribution in [0.25, 0.3) is 0 Å². The summed E-state index contributed by atoms with van der Waals surface area (Å²) in [7, 11) is 1.44. The largest absolute Gasteiger partial charge is 0.469 e. The first-order valence-electron chi connectivity index (χ1n) is 5.53. The molecule has 0 aliphatic heterocycles. The van der Waals surface area contributed by atoms with Crippen molar-refractivity contribution in [2.45, 2.75) is 12.8 Å². The Kier molecular flexibility index (Phi) is 3.24. The molecule has 1 aliphatic rings. The van der Waals surface area contributed by atoms with E-state index in [4.69, 9.17) is 10.5 Å². The van der Waals surface area contributed by atoms with Gasteiger partial charge < -0.3 is 15.5 Å². The molecule has 0 aromatic carbocycles. The Morgan fingerprint density at radius 2 is 2.44 bits per heavy atom. The molecule has 0 radical (unpaired) electrons. The average Bonchev–Trinajstić information content (AvgIpc) is 2.74. The minimum absolute atomic E-state index is 0.0249. The van der Waals surface area contributed by atoms with Crippen molar-refractivity contribution in [3.05, 3.63) is 18.2 Å². The number of H-pyrrole nitrogens is 1. The van der Waals surface area contributed by atoms with Crippen molar-refractivity contribution in [2.75, 3.05) is 13.7 Å². The highest BCUT2D eigenvalue weighted by atomic mass is 16.5. The quantitative estimate of drug-likeness (QED) is 0.705. The smallest absolute Gasteiger partial charge is 0.309 e. The molecule has 1 saturated carbocycles. The summed E-state index contributed by atoms with van der Waals surface area (Å²) in [6, 6.07) is 0. The van der Waals surface area contributed by atoms with Crippen molar-refractivity contribution in [3.63, 3.8) is 0 Å². The number of aromatic nitrogens is 2. The summed E-state index contributed by atoms with van der Waals surface area (Å²) in [4.78, 5) is 18.5. The van der Waals surface area contributed by atoms with Gasteiger partial charge in [-0.25, -0.2) is 4.98 Å². The van der Waals surface area contributed by atoms with Crippen molar-refractivity contribution in [1.82, 2.24) is 9.97 Å². The summed E-state index contributed by atoms with van der Waals surface area (Å²) in [5, 5.41) is 0. The number of nitrogens with zero attached hydrogens (tertiary/aromatic N) is 1. The summed E-state index contributed by atoms with van der Waals surface area (Å²) in [5.74, 6) is 0.650. The highest BCUT2D eigenvalue weighted by Gasteiger charge is 2.54. The van der Waals surface area contributed by atoms with Crippen LogP contribution in [-0.4, -0.2) is 29.6 Å². The molecule has 0 amide bonds. The van der Waals surface area contributed by atoms with Crippen LogP contribution < -0.4 is 5.73 Å².